The predicted octanol–water partition coefficient (Wildman–Crippen LogP) is 3.22. The van der Waals surface area contributed by atoms with Gasteiger partial charge in [-0.05, 0) is 60.1 Å². The topological polar surface area (TPSA) is 46.2 Å². The minimum Gasteiger partial charge on any atom is -0.207 e. The van der Waals surface area contributed by atoms with Gasteiger partial charge in [-0.2, -0.15) is 0 Å². The average Bonchev–Trinajstić information content (AvgIpc) is 3.09. The highest BCUT2D eigenvalue weighted by molar-refractivity contribution is 7.91. The smallest absolute Gasteiger partial charge is 0.207 e. The van der Waals surface area contributed by atoms with Gasteiger partial charge >= 0.3 is 0 Å². The molecule has 1 N–H and O–H groups in total. The zero-order chi connectivity index (χ0) is 15.2. The summed E-state index contributed by atoms with van der Waals surface area (Å²) in [6.45, 7) is 0. The van der Waals surface area contributed by atoms with Crippen molar-refractivity contribution in [3.8, 4) is 0 Å². The van der Waals surface area contributed by atoms with Crippen molar-refractivity contribution in [1.82, 2.24) is 4.72 Å². The summed E-state index contributed by atoms with van der Waals surface area (Å²) in [5.41, 5.74) is 2.80. The van der Waals surface area contributed by atoms with E-state index in [1.165, 1.54) is 22.5 Å². The number of hydrogen-bond donors (Lipinski definition) is 1. The molecular weight excluding hydrogens is 314 g/mol. The Bertz CT molecular complexity index is 735. The summed E-state index contributed by atoms with van der Waals surface area (Å²) in [4.78, 5) is 0. The third kappa shape index (κ3) is 2.51. The lowest BCUT2D eigenvalue weighted by atomic mass is 9.94. The summed E-state index contributed by atoms with van der Waals surface area (Å²) < 4.78 is 28.6. The summed E-state index contributed by atoms with van der Waals surface area (Å²) in [5.74, 6) is 0.840. The molecule has 0 saturated heterocycles. The molecule has 2 unspecified atom stereocenters. The van der Waals surface area contributed by atoms with Gasteiger partial charge in [-0.25, -0.2) is 13.1 Å². The maximum absolute atomic E-state index is 12.6. The van der Waals surface area contributed by atoms with Crippen LogP contribution in [-0.4, -0.2) is 14.5 Å². The van der Waals surface area contributed by atoms with Crippen LogP contribution in [0.3, 0.4) is 0 Å². The fraction of sp³-hybridized carbons (Fsp3) is 0.412. The minimum atomic E-state index is -3.38. The van der Waals surface area contributed by atoms with Gasteiger partial charge in [-0.1, -0.05) is 30.3 Å². The molecule has 3 atom stereocenters. The highest BCUT2D eigenvalue weighted by Crippen LogP contribution is 2.40. The molecular formula is C17H19NO2S2. The Morgan fingerprint density at radius 2 is 1.59 bits per heavy atom. The van der Waals surface area contributed by atoms with E-state index in [1.54, 1.807) is 12.1 Å². The average molecular weight is 333 g/mol. The number of benzene rings is 1. The first-order valence-electron chi connectivity index (χ1n) is 7.76. The molecule has 116 valence electrons. The molecule has 5 heteroatoms. The third-order valence-corrected chi connectivity index (χ3v) is 7.91. The molecule has 1 saturated carbocycles. The van der Waals surface area contributed by atoms with Crippen LogP contribution in [0.5, 0.6) is 0 Å². The monoisotopic (exact) mass is 333 g/mol. The van der Waals surface area contributed by atoms with Crippen LogP contribution in [0.15, 0.2) is 46.0 Å². The van der Waals surface area contributed by atoms with Gasteiger partial charge in [-0.3, -0.25) is 0 Å². The highest BCUT2D eigenvalue weighted by Gasteiger charge is 2.41. The Hall–Kier alpha value is -1.17. The molecule has 2 aliphatic rings. The van der Waals surface area contributed by atoms with E-state index in [0.29, 0.717) is 16.0 Å². The van der Waals surface area contributed by atoms with E-state index < -0.39 is 10.0 Å². The third-order valence-electron chi connectivity index (χ3n) is 5.06. The second-order valence-corrected chi connectivity index (χ2v) is 9.24. The van der Waals surface area contributed by atoms with Crippen molar-refractivity contribution < 1.29 is 8.42 Å². The van der Waals surface area contributed by atoms with Gasteiger partial charge in [-0.15, -0.1) is 11.3 Å². The molecule has 1 heterocycles. The van der Waals surface area contributed by atoms with Gasteiger partial charge < -0.3 is 0 Å². The van der Waals surface area contributed by atoms with Crippen molar-refractivity contribution in [2.24, 2.45) is 11.8 Å². The zero-order valence-electron chi connectivity index (χ0n) is 12.2. The molecule has 2 aromatic rings. The van der Waals surface area contributed by atoms with E-state index in [1.807, 2.05) is 5.38 Å². The molecule has 1 aromatic carbocycles. The van der Waals surface area contributed by atoms with Crippen LogP contribution >= 0.6 is 11.3 Å². The quantitative estimate of drug-likeness (QED) is 0.937. The van der Waals surface area contributed by atoms with Gasteiger partial charge in [0.25, 0.3) is 0 Å². The first-order chi connectivity index (χ1) is 10.6. The molecule has 3 nitrogen and oxygen atoms in total. The van der Waals surface area contributed by atoms with E-state index >= 15 is 0 Å². The van der Waals surface area contributed by atoms with Crippen molar-refractivity contribution in [2.45, 2.75) is 35.9 Å². The normalized spacial score (nSPS) is 27.4. The van der Waals surface area contributed by atoms with Crippen molar-refractivity contribution in [3.05, 3.63) is 52.9 Å². The standard InChI is InChI=1S/C17H19NO2S2/c19-22(20,16-6-3-9-21-16)18-17-14-7-8-15(17)11-13-5-2-1-4-12(13)10-14/h1-6,9,14-15,17-18H,7-8,10-11H2/t14-,15?,17?/m1/s1. The van der Waals surface area contributed by atoms with Gasteiger partial charge in [0.05, 0.1) is 0 Å². The number of sulfonamides is 1. The fourth-order valence-corrected chi connectivity index (χ4v) is 6.38. The van der Waals surface area contributed by atoms with Crippen LogP contribution in [0, 0.1) is 11.8 Å². The number of fused-ring (bicyclic) bond motifs is 3. The molecule has 2 aliphatic carbocycles. The molecule has 1 aromatic heterocycles. The molecule has 22 heavy (non-hydrogen) atoms. The Kier molecular flexibility index (Phi) is 3.59. The maximum Gasteiger partial charge on any atom is 0.250 e. The van der Waals surface area contributed by atoms with Crippen LogP contribution in [0.4, 0.5) is 0 Å². The van der Waals surface area contributed by atoms with Crippen LogP contribution in [0.1, 0.15) is 24.0 Å². The summed E-state index contributed by atoms with van der Waals surface area (Å²) >= 11 is 1.28. The number of rotatable bonds is 3. The lowest BCUT2D eigenvalue weighted by Crippen LogP contribution is -2.41. The Morgan fingerprint density at radius 3 is 2.14 bits per heavy atom. The second-order valence-electron chi connectivity index (χ2n) is 6.35. The number of hydrogen-bond acceptors (Lipinski definition) is 3. The lowest BCUT2D eigenvalue weighted by Gasteiger charge is -2.23. The summed E-state index contributed by atoms with van der Waals surface area (Å²) in [5, 5.41) is 1.81. The van der Waals surface area contributed by atoms with E-state index in [4.69, 9.17) is 0 Å². The van der Waals surface area contributed by atoms with Gasteiger partial charge in [0.1, 0.15) is 4.21 Å². The largest absolute Gasteiger partial charge is 0.250 e. The van der Waals surface area contributed by atoms with Gasteiger partial charge in [0.2, 0.25) is 10.0 Å². The van der Waals surface area contributed by atoms with Crippen LogP contribution in [0.2, 0.25) is 0 Å². The van der Waals surface area contributed by atoms with E-state index in [2.05, 4.69) is 29.0 Å². The van der Waals surface area contributed by atoms with Crippen LogP contribution < -0.4 is 4.72 Å². The summed E-state index contributed by atoms with van der Waals surface area (Å²) in [6.07, 6.45) is 4.22. The minimum absolute atomic E-state index is 0.0690. The molecule has 4 rings (SSSR count). The number of nitrogens with one attached hydrogen (secondary N) is 1. The van der Waals surface area contributed by atoms with Gasteiger partial charge in [0, 0.05) is 6.04 Å². The predicted molar refractivity (Wildman–Crippen MR) is 88.5 cm³/mol. The molecule has 0 aliphatic heterocycles. The fourth-order valence-electron chi connectivity index (χ4n) is 4.00. The SMILES string of the molecule is O=S(=O)(NC1C2CC[C@@H]1Cc1ccccc1C2)c1cccs1. The summed E-state index contributed by atoms with van der Waals surface area (Å²) in [6, 6.07) is 12.1. The molecule has 0 amide bonds. The van der Waals surface area contributed by atoms with Crippen molar-refractivity contribution in [2.75, 3.05) is 0 Å². The van der Waals surface area contributed by atoms with Crippen molar-refractivity contribution in [1.29, 1.82) is 0 Å². The first-order valence-corrected chi connectivity index (χ1v) is 10.1. The maximum atomic E-state index is 12.6. The Labute approximate surface area is 135 Å². The second kappa shape index (κ2) is 5.48. The van der Waals surface area contributed by atoms with Gasteiger partial charge in [0.15, 0.2) is 0 Å². The van der Waals surface area contributed by atoms with E-state index in [9.17, 15) is 8.42 Å². The lowest BCUT2D eigenvalue weighted by molar-refractivity contribution is 0.386. The zero-order valence-corrected chi connectivity index (χ0v) is 13.9. The highest BCUT2D eigenvalue weighted by atomic mass is 32.2. The van der Waals surface area contributed by atoms with Crippen LogP contribution in [-0.2, 0) is 22.9 Å². The molecule has 0 spiro atoms. The molecule has 1 fully saturated rings. The molecule has 0 radical (unpaired) electrons. The Balaban J connectivity index is 1.62. The summed E-state index contributed by atoms with van der Waals surface area (Å²) in [7, 11) is -3.38. The van der Waals surface area contributed by atoms with Crippen molar-refractivity contribution in [3.63, 3.8) is 0 Å². The van der Waals surface area contributed by atoms with Crippen LogP contribution in [0.25, 0.3) is 0 Å². The van der Waals surface area contributed by atoms with E-state index in [0.717, 1.165) is 25.7 Å². The first kappa shape index (κ1) is 14.4. The number of thiophene rings is 1. The molecule has 2 bridgehead atoms. The van der Waals surface area contributed by atoms with Crippen molar-refractivity contribution >= 4 is 21.4 Å². The Morgan fingerprint density at radius 1 is 0.955 bits per heavy atom. The van der Waals surface area contributed by atoms with E-state index in [-0.39, 0.29) is 6.04 Å².